The van der Waals surface area contributed by atoms with Gasteiger partial charge < -0.3 is 27.9 Å². The summed E-state index contributed by atoms with van der Waals surface area (Å²) in [6, 6.07) is 0. The van der Waals surface area contributed by atoms with E-state index in [9.17, 15) is 14.3 Å². The van der Waals surface area contributed by atoms with Crippen LogP contribution in [0.15, 0.2) is 0 Å². The molecule has 0 aliphatic rings. The van der Waals surface area contributed by atoms with Crippen LogP contribution in [0.3, 0.4) is 0 Å². The van der Waals surface area contributed by atoms with Crippen LogP contribution in [0.5, 0.6) is 0 Å². The number of phosphoric ester groups is 1. The van der Waals surface area contributed by atoms with E-state index in [-0.39, 0.29) is 25.8 Å². The van der Waals surface area contributed by atoms with Gasteiger partial charge >= 0.3 is 5.97 Å². The molecule has 0 aromatic carbocycles. The van der Waals surface area contributed by atoms with Crippen molar-refractivity contribution in [2.75, 3.05) is 54.1 Å². The van der Waals surface area contributed by atoms with Crippen molar-refractivity contribution in [3.8, 4) is 0 Å². The van der Waals surface area contributed by atoms with Crippen LogP contribution in [0.4, 0.5) is 0 Å². The summed E-state index contributed by atoms with van der Waals surface area (Å²) in [5.41, 5.74) is 0. The van der Waals surface area contributed by atoms with Crippen LogP contribution in [0.2, 0.25) is 0 Å². The molecule has 9 heteroatoms. The number of rotatable bonds is 46. The van der Waals surface area contributed by atoms with Gasteiger partial charge in [0.1, 0.15) is 19.3 Å². The second-order valence-electron chi connectivity index (χ2n) is 17.8. The molecule has 0 aromatic heterocycles. The zero-order valence-corrected chi connectivity index (χ0v) is 39.0. The van der Waals surface area contributed by atoms with Crippen molar-refractivity contribution in [3.63, 3.8) is 0 Å². The number of unbranched alkanes of at least 4 members (excludes halogenated alkanes) is 32. The Bertz CT molecular complexity index is 868. The largest absolute Gasteiger partial charge is 0.756 e. The summed E-state index contributed by atoms with van der Waals surface area (Å²) in [6.07, 6.45) is 44.0. The molecule has 0 fully saturated rings. The zero-order valence-electron chi connectivity index (χ0n) is 38.1. The minimum absolute atomic E-state index is 0.0316. The Morgan fingerprint density at radius 3 is 1.18 bits per heavy atom. The number of esters is 1. The van der Waals surface area contributed by atoms with Gasteiger partial charge in [-0.3, -0.25) is 9.36 Å². The summed E-state index contributed by atoms with van der Waals surface area (Å²) >= 11 is 0. The molecular formula is C47H96NO7P. The van der Waals surface area contributed by atoms with Crippen molar-refractivity contribution in [2.45, 2.75) is 245 Å². The molecule has 2 atom stereocenters. The lowest BCUT2D eigenvalue weighted by Crippen LogP contribution is -2.37. The van der Waals surface area contributed by atoms with E-state index in [0.29, 0.717) is 24.1 Å². The molecule has 0 rings (SSSR count). The van der Waals surface area contributed by atoms with Gasteiger partial charge in [0, 0.05) is 13.0 Å². The van der Waals surface area contributed by atoms with Crippen LogP contribution in [0.1, 0.15) is 239 Å². The summed E-state index contributed by atoms with van der Waals surface area (Å²) in [7, 11) is 1.38. The molecule has 56 heavy (non-hydrogen) atoms. The first-order valence-electron chi connectivity index (χ1n) is 24.3. The monoisotopic (exact) mass is 818 g/mol. The third-order valence-electron chi connectivity index (χ3n) is 10.9. The van der Waals surface area contributed by atoms with E-state index in [1.165, 1.54) is 186 Å². The molecule has 336 valence electrons. The lowest BCUT2D eigenvalue weighted by Gasteiger charge is -2.28. The van der Waals surface area contributed by atoms with Gasteiger partial charge in [-0.25, -0.2) is 0 Å². The smallest absolute Gasteiger partial charge is 0.306 e. The van der Waals surface area contributed by atoms with Crippen LogP contribution in [-0.4, -0.2) is 70.7 Å². The standard InChI is InChI=1S/C47H96NO7P/c1-6-8-10-12-14-16-18-20-22-24-25-27-29-31-33-35-37-39-42-52-44-46(45-54-56(50,51)53-43-41-48(3,4)5)55-47(49)40-38-36-34-32-30-28-26-23-21-19-17-15-13-11-9-7-2/h46H,6-45H2,1-5H3/t46-/m1/s1. The van der Waals surface area contributed by atoms with Crippen LogP contribution in [0.25, 0.3) is 0 Å². The summed E-state index contributed by atoms with van der Waals surface area (Å²) in [5, 5.41) is 0. The second-order valence-corrected chi connectivity index (χ2v) is 19.3. The van der Waals surface area contributed by atoms with E-state index in [0.717, 1.165) is 32.1 Å². The normalized spacial score (nSPS) is 13.6. The lowest BCUT2D eigenvalue weighted by atomic mass is 10.0. The Labute approximate surface area is 348 Å². The van der Waals surface area contributed by atoms with E-state index in [4.69, 9.17) is 18.5 Å². The van der Waals surface area contributed by atoms with Crippen molar-refractivity contribution in [1.82, 2.24) is 0 Å². The highest BCUT2D eigenvalue weighted by Crippen LogP contribution is 2.38. The Morgan fingerprint density at radius 2 is 0.821 bits per heavy atom. The predicted octanol–water partition coefficient (Wildman–Crippen LogP) is 13.8. The van der Waals surface area contributed by atoms with Crippen LogP contribution < -0.4 is 4.89 Å². The topological polar surface area (TPSA) is 94.1 Å². The number of phosphoric acid groups is 1. The fraction of sp³-hybridized carbons (Fsp3) is 0.979. The van der Waals surface area contributed by atoms with E-state index < -0.39 is 13.9 Å². The molecule has 0 aliphatic carbocycles. The highest BCUT2D eigenvalue weighted by atomic mass is 31.2. The maximum atomic E-state index is 12.7. The van der Waals surface area contributed by atoms with Crippen molar-refractivity contribution in [1.29, 1.82) is 0 Å². The number of hydrogen-bond donors (Lipinski definition) is 0. The van der Waals surface area contributed by atoms with E-state index >= 15 is 0 Å². The van der Waals surface area contributed by atoms with Crippen molar-refractivity contribution >= 4 is 13.8 Å². The fourth-order valence-electron chi connectivity index (χ4n) is 7.14. The Kier molecular flexibility index (Phi) is 40.9. The summed E-state index contributed by atoms with van der Waals surface area (Å²) < 4.78 is 34.7. The van der Waals surface area contributed by atoms with Crippen LogP contribution >= 0.6 is 7.82 Å². The van der Waals surface area contributed by atoms with Gasteiger partial charge in [-0.15, -0.1) is 0 Å². The molecule has 0 radical (unpaired) electrons. The van der Waals surface area contributed by atoms with Crippen molar-refractivity contribution in [3.05, 3.63) is 0 Å². The Hall–Kier alpha value is -0.500. The summed E-state index contributed by atoms with van der Waals surface area (Å²) in [4.78, 5) is 25.1. The molecule has 0 spiro atoms. The highest BCUT2D eigenvalue weighted by molar-refractivity contribution is 7.45. The molecule has 8 nitrogen and oxygen atoms in total. The average Bonchev–Trinajstić information content (AvgIpc) is 3.15. The van der Waals surface area contributed by atoms with Gasteiger partial charge in [0.15, 0.2) is 0 Å². The third-order valence-corrected chi connectivity index (χ3v) is 11.9. The molecule has 0 bridgehead atoms. The van der Waals surface area contributed by atoms with Gasteiger partial charge in [0.25, 0.3) is 7.82 Å². The molecule has 0 N–H and O–H groups in total. The van der Waals surface area contributed by atoms with E-state index in [1.54, 1.807) is 0 Å². The molecule has 0 aromatic rings. The van der Waals surface area contributed by atoms with Gasteiger partial charge in [0.2, 0.25) is 0 Å². The Balaban J connectivity index is 4.12. The van der Waals surface area contributed by atoms with Crippen LogP contribution in [-0.2, 0) is 27.9 Å². The number of carbonyl (C=O) groups is 1. The maximum Gasteiger partial charge on any atom is 0.306 e. The summed E-state index contributed by atoms with van der Waals surface area (Å²) in [6.45, 7) is 5.48. The first-order valence-corrected chi connectivity index (χ1v) is 25.7. The quantitative estimate of drug-likeness (QED) is 0.0261. The highest BCUT2D eigenvalue weighted by Gasteiger charge is 2.20. The minimum atomic E-state index is -4.52. The molecular weight excluding hydrogens is 721 g/mol. The van der Waals surface area contributed by atoms with Crippen LogP contribution in [0, 0.1) is 0 Å². The molecule has 1 unspecified atom stereocenters. The molecule has 0 amide bonds. The maximum absolute atomic E-state index is 12.7. The van der Waals surface area contributed by atoms with Gasteiger partial charge in [0.05, 0.1) is 34.4 Å². The number of quaternary nitrogens is 1. The van der Waals surface area contributed by atoms with Gasteiger partial charge in [-0.05, 0) is 12.8 Å². The number of nitrogens with zero attached hydrogens (tertiary/aromatic N) is 1. The molecule has 0 heterocycles. The lowest BCUT2D eigenvalue weighted by molar-refractivity contribution is -0.870. The van der Waals surface area contributed by atoms with E-state index in [2.05, 4.69) is 13.8 Å². The first kappa shape index (κ1) is 55.5. The minimum Gasteiger partial charge on any atom is -0.756 e. The SMILES string of the molecule is CCCCCCCCCCCCCCCCCCCCOC[C@H](COP(=O)([O-])OCC[N+](C)(C)C)OC(=O)CCCCCCCCCCCCCCCCCC. The molecule has 0 saturated heterocycles. The number of ether oxygens (including phenoxy) is 2. The number of carbonyl (C=O) groups excluding carboxylic acids is 1. The van der Waals surface area contributed by atoms with E-state index in [1.807, 2.05) is 21.1 Å². The van der Waals surface area contributed by atoms with Gasteiger partial charge in [-0.2, -0.15) is 0 Å². The predicted molar refractivity (Wildman–Crippen MR) is 236 cm³/mol. The fourth-order valence-corrected chi connectivity index (χ4v) is 7.87. The van der Waals surface area contributed by atoms with Crippen molar-refractivity contribution < 1.29 is 37.3 Å². The molecule has 0 saturated carbocycles. The second kappa shape index (κ2) is 41.2. The average molecular weight is 818 g/mol. The van der Waals surface area contributed by atoms with Crippen molar-refractivity contribution in [2.24, 2.45) is 0 Å². The third kappa shape index (κ3) is 44.6. The first-order chi connectivity index (χ1) is 27.1. The number of hydrogen-bond acceptors (Lipinski definition) is 7. The van der Waals surface area contributed by atoms with Gasteiger partial charge in [-0.1, -0.05) is 219 Å². The number of likely N-dealkylation sites (N-methyl/N-ethyl adjacent to an activating group) is 1. The Morgan fingerprint density at radius 1 is 0.482 bits per heavy atom. The summed E-state index contributed by atoms with van der Waals surface area (Å²) in [5.74, 6) is -0.326. The molecule has 0 aliphatic heterocycles. The zero-order chi connectivity index (χ0) is 41.3.